The second-order valence-corrected chi connectivity index (χ2v) is 5.52. The molecule has 0 radical (unpaired) electrons. The van der Waals surface area contributed by atoms with E-state index in [2.05, 4.69) is 4.99 Å². The number of benzene rings is 2. The molecule has 7 heteroatoms. The second-order valence-electron chi connectivity index (χ2n) is 5.52. The Morgan fingerprint density at radius 3 is 2.62 bits per heavy atom. The third kappa shape index (κ3) is 2.83. The molecule has 0 fully saturated rings. The van der Waals surface area contributed by atoms with Gasteiger partial charge < -0.3 is 23.7 Å². The number of fused-ring (bicyclic) bond motifs is 1. The summed E-state index contributed by atoms with van der Waals surface area (Å²) < 4.78 is 26.4. The Morgan fingerprint density at radius 2 is 1.81 bits per heavy atom. The van der Waals surface area contributed by atoms with Gasteiger partial charge in [0.1, 0.15) is 0 Å². The quantitative estimate of drug-likeness (QED) is 0.621. The average molecular weight is 353 g/mol. The van der Waals surface area contributed by atoms with Gasteiger partial charge in [-0.05, 0) is 42.0 Å². The van der Waals surface area contributed by atoms with Crippen LogP contribution in [0.15, 0.2) is 47.1 Å². The highest BCUT2D eigenvalue weighted by molar-refractivity contribution is 6.13. The number of cyclic esters (lactones) is 1. The predicted molar refractivity (Wildman–Crippen MR) is 92.7 cm³/mol. The smallest absolute Gasteiger partial charge is 0.363 e. The van der Waals surface area contributed by atoms with E-state index in [-0.39, 0.29) is 18.4 Å². The number of ether oxygens (including phenoxy) is 5. The van der Waals surface area contributed by atoms with Crippen LogP contribution in [-0.2, 0) is 9.53 Å². The van der Waals surface area contributed by atoms with Crippen molar-refractivity contribution in [3.63, 3.8) is 0 Å². The average Bonchev–Trinajstić information content (AvgIpc) is 3.27. The Hall–Kier alpha value is -3.48. The summed E-state index contributed by atoms with van der Waals surface area (Å²) in [6.45, 7) is 0.193. The topological polar surface area (TPSA) is 75.6 Å². The fourth-order valence-corrected chi connectivity index (χ4v) is 2.66. The molecule has 2 aromatic carbocycles. The van der Waals surface area contributed by atoms with Crippen LogP contribution in [0.1, 0.15) is 11.1 Å². The van der Waals surface area contributed by atoms with Crippen LogP contribution in [0.4, 0.5) is 0 Å². The van der Waals surface area contributed by atoms with Crippen molar-refractivity contribution in [1.82, 2.24) is 0 Å². The van der Waals surface area contributed by atoms with Crippen molar-refractivity contribution in [1.29, 1.82) is 0 Å². The van der Waals surface area contributed by atoms with Crippen molar-refractivity contribution in [2.24, 2.45) is 4.99 Å². The van der Waals surface area contributed by atoms with Crippen LogP contribution in [0.25, 0.3) is 6.08 Å². The van der Waals surface area contributed by atoms with Gasteiger partial charge >= 0.3 is 5.97 Å². The first-order valence-corrected chi connectivity index (χ1v) is 7.82. The molecule has 2 aliphatic rings. The monoisotopic (exact) mass is 353 g/mol. The molecule has 0 aromatic heterocycles. The molecule has 0 unspecified atom stereocenters. The van der Waals surface area contributed by atoms with Gasteiger partial charge in [0.2, 0.25) is 12.7 Å². The highest BCUT2D eigenvalue weighted by Gasteiger charge is 2.25. The number of carbonyl (C=O) groups excluding carboxylic acids is 1. The SMILES string of the molecule is COc1ccc(C2=N/C(=C/c3ccc4c(c3)OCO4)C(=O)O2)cc1OC. The van der Waals surface area contributed by atoms with E-state index in [4.69, 9.17) is 23.7 Å². The van der Waals surface area contributed by atoms with E-state index in [0.717, 1.165) is 5.56 Å². The van der Waals surface area contributed by atoms with Gasteiger partial charge in [-0.15, -0.1) is 0 Å². The minimum absolute atomic E-state index is 0.193. The number of nitrogens with zero attached hydrogens (tertiary/aromatic N) is 1. The molecule has 0 saturated heterocycles. The minimum atomic E-state index is -0.521. The maximum absolute atomic E-state index is 12.2. The molecule has 4 rings (SSSR count). The van der Waals surface area contributed by atoms with Crippen molar-refractivity contribution in [2.45, 2.75) is 0 Å². The van der Waals surface area contributed by atoms with Crippen LogP contribution >= 0.6 is 0 Å². The standard InChI is InChI=1S/C19H15NO6/c1-22-14-6-4-12(9-16(14)23-2)18-20-13(19(21)26-18)7-11-3-5-15-17(8-11)25-10-24-15/h3-9H,10H2,1-2H3/b13-7+. The Balaban J connectivity index is 1.65. The zero-order valence-electron chi connectivity index (χ0n) is 14.1. The molecule has 132 valence electrons. The minimum Gasteiger partial charge on any atom is -0.493 e. The van der Waals surface area contributed by atoms with Gasteiger partial charge in [-0.25, -0.2) is 9.79 Å². The molecule has 2 heterocycles. The maximum Gasteiger partial charge on any atom is 0.363 e. The fraction of sp³-hybridized carbons (Fsp3) is 0.158. The van der Waals surface area contributed by atoms with Crippen LogP contribution < -0.4 is 18.9 Å². The summed E-state index contributed by atoms with van der Waals surface area (Å²) in [4.78, 5) is 16.5. The molecule has 0 atom stereocenters. The summed E-state index contributed by atoms with van der Waals surface area (Å²) in [6.07, 6.45) is 1.64. The zero-order chi connectivity index (χ0) is 18.1. The normalized spacial score (nSPS) is 16.5. The fourth-order valence-electron chi connectivity index (χ4n) is 2.66. The third-order valence-electron chi connectivity index (χ3n) is 3.95. The Morgan fingerprint density at radius 1 is 1.00 bits per heavy atom. The first-order chi connectivity index (χ1) is 12.7. The van der Waals surface area contributed by atoms with Crippen LogP contribution in [0.5, 0.6) is 23.0 Å². The Labute approximate surface area is 149 Å². The summed E-state index contributed by atoms with van der Waals surface area (Å²) in [7, 11) is 3.09. The largest absolute Gasteiger partial charge is 0.493 e. The first kappa shape index (κ1) is 16.0. The lowest BCUT2D eigenvalue weighted by molar-refractivity contribution is -0.129. The van der Waals surface area contributed by atoms with Gasteiger partial charge in [-0.3, -0.25) is 0 Å². The predicted octanol–water partition coefficient (Wildman–Crippen LogP) is 2.78. The molecule has 0 bridgehead atoms. The van der Waals surface area contributed by atoms with Gasteiger partial charge in [0.15, 0.2) is 28.7 Å². The van der Waals surface area contributed by atoms with Crippen LogP contribution in [-0.4, -0.2) is 32.9 Å². The molecule has 0 saturated carbocycles. The van der Waals surface area contributed by atoms with Gasteiger partial charge in [-0.1, -0.05) is 6.07 Å². The van der Waals surface area contributed by atoms with E-state index in [9.17, 15) is 4.79 Å². The number of esters is 1. The zero-order valence-corrected chi connectivity index (χ0v) is 14.1. The summed E-state index contributed by atoms with van der Waals surface area (Å²) in [5.74, 6) is 2.11. The van der Waals surface area contributed by atoms with Gasteiger partial charge in [0, 0.05) is 5.56 Å². The lowest BCUT2D eigenvalue weighted by Crippen LogP contribution is -2.05. The van der Waals surface area contributed by atoms with Crippen LogP contribution in [0.2, 0.25) is 0 Å². The van der Waals surface area contributed by atoms with Gasteiger partial charge in [0.05, 0.1) is 14.2 Å². The number of hydrogen-bond donors (Lipinski definition) is 0. The Bertz CT molecular complexity index is 947. The van der Waals surface area contributed by atoms with E-state index >= 15 is 0 Å². The lowest BCUT2D eigenvalue weighted by atomic mass is 10.1. The first-order valence-electron chi connectivity index (χ1n) is 7.82. The van der Waals surface area contributed by atoms with Crippen molar-refractivity contribution < 1.29 is 28.5 Å². The molecule has 7 nitrogen and oxygen atoms in total. The number of methoxy groups -OCH3 is 2. The second kappa shape index (κ2) is 6.44. The van der Waals surface area contributed by atoms with Crippen LogP contribution in [0.3, 0.4) is 0 Å². The van der Waals surface area contributed by atoms with Gasteiger partial charge in [0.25, 0.3) is 0 Å². The van der Waals surface area contributed by atoms with E-state index in [1.807, 2.05) is 6.07 Å². The number of carbonyl (C=O) groups is 1. The molecular formula is C19H15NO6. The van der Waals surface area contributed by atoms with E-state index < -0.39 is 5.97 Å². The summed E-state index contributed by atoms with van der Waals surface area (Å²) >= 11 is 0. The molecular weight excluding hydrogens is 338 g/mol. The van der Waals surface area contributed by atoms with E-state index in [1.165, 1.54) is 7.11 Å². The highest BCUT2D eigenvalue weighted by Crippen LogP contribution is 2.34. The maximum atomic E-state index is 12.2. The van der Waals surface area contributed by atoms with Gasteiger partial charge in [-0.2, -0.15) is 0 Å². The lowest BCUT2D eigenvalue weighted by Gasteiger charge is -2.08. The van der Waals surface area contributed by atoms with Crippen molar-refractivity contribution in [2.75, 3.05) is 21.0 Å². The molecule has 0 aliphatic carbocycles. The van der Waals surface area contributed by atoms with Crippen LogP contribution in [0, 0.1) is 0 Å². The summed E-state index contributed by atoms with van der Waals surface area (Å²) in [6, 6.07) is 10.6. The molecule has 0 spiro atoms. The van der Waals surface area contributed by atoms with Crippen molar-refractivity contribution in [3.8, 4) is 23.0 Å². The van der Waals surface area contributed by atoms with Crippen molar-refractivity contribution in [3.05, 3.63) is 53.2 Å². The van der Waals surface area contributed by atoms with E-state index in [1.54, 1.807) is 43.5 Å². The molecule has 0 N–H and O–H groups in total. The third-order valence-corrected chi connectivity index (χ3v) is 3.95. The molecule has 2 aromatic rings. The summed E-state index contributed by atoms with van der Waals surface area (Å²) in [5, 5.41) is 0. The highest BCUT2D eigenvalue weighted by atomic mass is 16.7. The summed E-state index contributed by atoms with van der Waals surface area (Å²) in [5.41, 5.74) is 1.58. The Kier molecular flexibility index (Phi) is 3.96. The molecule has 2 aliphatic heterocycles. The molecule has 26 heavy (non-hydrogen) atoms. The molecule has 0 amide bonds. The van der Waals surface area contributed by atoms with E-state index in [0.29, 0.717) is 28.6 Å². The van der Waals surface area contributed by atoms with Crippen molar-refractivity contribution >= 4 is 17.9 Å². The number of hydrogen-bond acceptors (Lipinski definition) is 7. The number of aliphatic imine (C=N–C) groups is 1. The number of rotatable bonds is 4.